The zero-order valence-electron chi connectivity index (χ0n) is 17.9. The van der Waals surface area contributed by atoms with E-state index in [1.807, 2.05) is 6.26 Å². The van der Waals surface area contributed by atoms with E-state index in [9.17, 15) is 4.57 Å². The van der Waals surface area contributed by atoms with Gasteiger partial charge in [0.1, 0.15) is 24.1 Å². The van der Waals surface area contributed by atoms with Crippen LogP contribution in [0.25, 0.3) is 11.2 Å². The summed E-state index contributed by atoms with van der Waals surface area (Å²) in [6.07, 6.45) is 3.09. The van der Waals surface area contributed by atoms with E-state index in [1.165, 1.54) is 31.9 Å². The molecule has 1 saturated heterocycles. The standard InChI is InChI=1S/C16H26N6O7P2S/c1-24-13-12(28-30(29-18)32-4)11(8-5-9(8)31(23,25-2)26-3)27-16(13)22-7-21-10-14(17)19-6-20-15(10)22/h6-9,11-13,16H,5,18H2,1-4H3,(H2,17,19,20). The van der Waals surface area contributed by atoms with Crippen molar-refractivity contribution in [2.75, 3.05) is 33.3 Å². The highest BCUT2D eigenvalue weighted by Gasteiger charge is 2.62. The lowest BCUT2D eigenvalue weighted by molar-refractivity contribution is -0.0525. The number of nitrogen functional groups attached to an aromatic ring is 1. The van der Waals surface area contributed by atoms with E-state index in [2.05, 4.69) is 15.0 Å². The van der Waals surface area contributed by atoms with Crippen molar-refractivity contribution in [3.63, 3.8) is 0 Å². The second kappa shape index (κ2) is 9.75. The molecule has 16 heteroatoms. The van der Waals surface area contributed by atoms with Gasteiger partial charge in [0.2, 0.25) is 0 Å². The molecule has 7 atom stereocenters. The summed E-state index contributed by atoms with van der Waals surface area (Å²) >= 11 is 1.35. The second-order valence-corrected chi connectivity index (χ2v) is 12.9. The van der Waals surface area contributed by atoms with E-state index >= 15 is 0 Å². The van der Waals surface area contributed by atoms with Crippen LogP contribution in [0.15, 0.2) is 12.7 Å². The lowest BCUT2D eigenvalue weighted by atomic mass is 10.1. The molecule has 3 heterocycles. The first kappa shape index (κ1) is 24.2. The lowest BCUT2D eigenvalue weighted by Crippen LogP contribution is -2.36. The molecule has 0 spiro atoms. The number of fused-ring (bicyclic) bond motifs is 1. The van der Waals surface area contributed by atoms with Gasteiger partial charge < -0.3 is 28.8 Å². The van der Waals surface area contributed by atoms with Gasteiger partial charge in [-0.15, -0.1) is 0 Å². The topological polar surface area (TPSA) is 168 Å². The van der Waals surface area contributed by atoms with Crippen molar-refractivity contribution in [2.24, 2.45) is 11.8 Å². The number of anilines is 1. The molecular weight excluding hydrogens is 482 g/mol. The fourth-order valence-corrected chi connectivity index (χ4v) is 7.44. The maximum absolute atomic E-state index is 12.9. The quantitative estimate of drug-likeness (QED) is 0.354. The van der Waals surface area contributed by atoms with E-state index in [1.54, 1.807) is 18.0 Å². The Kier molecular flexibility index (Phi) is 7.38. The average Bonchev–Trinajstić information content (AvgIpc) is 3.37. The smallest absolute Gasteiger partial charge is 0.333 e. The summed E-state index contributed by atoms with van der Waals surface area (Å²) in [5.41, 5.74) is 6.57. The molecule has 2 aromatic heterocycles. The van der Waals surface area contributed by atoms with Crippen LogP contribution in [0.3, 0.4) is 0 Å². The third-order valence-electron chi connectivity index (χ3n) is 5.74. The highest BCUT2D eigenvalue weighted by molar-refractivity contribution is 8.52. The molecule has 0 aromatic carbocycles. The number of methoxy groups -OCH3 is 1. The van der Waals surface area contributed by atoms with E-state index in [4.69, 9.17) is 39.3 Å². The van der Waals surface area contributed by atoms with Gasteiger partial charge in [-0.05, 0) is 12.7 Å². The largest absolute Gasteiger partial charge is 0.382 e. The fraction of sp³-hybridized carbons (Fsp3) is 0.688. The first-order valence-electron chi connectivity index (χ1n) is 9.62. The molecule has 0 bridgehead atoms. The molecule has 1 aliphatic carbocycles. The third kappa shape index (κ3) is 4.18. The van der Waals surface area contributed by atoms with Crippen LogP contribution in [-0.2, 0) is 32.2 Å². The lowest BCUT2D eigenvalue weighted by Gasteiger charge is -2.26. The summed E-state index contributed by atoms with van der Waals surface area (Å²) in [6.45, 7) is 0. The average molecular weight is 508 g/mol. The van der Waals surface area contributed by atoms with Crippen molar-refractivity contribution in [3.8, 4) is 0 Å². The molecule has 32 heavy (non-hydrogen) atoms. The van der Waals surface area contributed by atoms with Gasteiger partial charge in [0, 0.05) is 27.2 Å². The van der Waals surface area contributed by atoms with Gasteiger partial charge in [-0.25, -0.2) is 25.5 Å². The van der Waals surface area contributed by atoms with Gasteiger partial charge in [-0.3, -0.25) is 9.13 Å². The Morgan fingerprint density at radius 3 is 2.62 bits per heavy atom. The normalized spacial score (nSPS) is 31.3. The first-order chi connectivity index (χ1) is 15.4. The number of nitrogens with zero attached hydrogens (tertiary/aromatic N) is 4. The van der Waals surface area contributed by atoms with Crippen LogP contribution in [0.1, 0.15) is 12.6 Å². The van der Waals surface area contributed by atoms with Gasteiger partial charge in [0.25, 0.3) is 7.58 Å². The Balaban J connectivity index is 1.68. The van der Waals surface area contributed by atoms with E-state index in [-0.39, 0.29) is 17.4 Å². The highest BCUT2D eigenvalue weighted by atomic mass is 32.7. The number of hydrogen-bond acceptors (Lipinski definition) is 13. The summed E-state index contributed by atoms with van der Waals surface area (Å²) in [7, 11) is -0.410. The number of hydrogen-bond donors (Lipinski definition) is 2. The predicted octanol–water partition coefficient (Wildman–Crippen LogP) is 2.06. The second-order valence-electron chi connectivity index (χ2n) is 7.23. The van der Waals surface area contributed by atoms with Crippen molar-refractivity contribution >= 4 is 43.5 Å². The van der Waals surface area contributed by atoms with Gasteiger partial charge in [-0.2, -0.15) is 0 Å². The van der Waals surface area contributed by atoms with Crippen LogP contribution in [0.4, 0.5) is 5.82 Å². The minimum Gasteiger partial charge on any atom is -0.382 e. The van der Waals surface area contributed by atoms with Crippen molar-refractivity contribution in [3.05, 3.63) is 12.7 Å². The molecular formula is C16H26N6O7P2S. The Hall–Kier alpha value is -0.920. The minimum absolute atomic E-state index is 0.139. The fourth-order valence-electron chi connectivity index (χ4n) is 4.13. The van der Waals surface area contributed by atoms with Crippen LogP contribution in [0, 0.1) is 5.92 Å². The summed E-state index contributed by atoms with van der Waals surface area (Å²) < 4.78 is 48.5. The first-order valence-corrected chi connectivity index (χ1v) is 14.2. The number of imidazole rings is 1. The SMILES string of the molecule is COC1C(OP(ON)SC)C(C2CC2P(=O)(OC)OC)OC1n1cnc2c(N)ncnc21. The molecule has 4 rings (SSSR count). The number of aromatic nitrogens is 4. The molecule has 1 aliphatic heterocycles. The maximum atomic E-state index is 12.9. The van der Waals surface area contributed by atoms with Crippen molar-refractivity contribution in [1.82, 2.24) is 19.5 Å². The Labute approximate surface area is 190 Å². The van der Waals surface area contributed by atoms with Crippen LogP contribution < -0.4 is 11.6 Å². The zero-order chi connectivity index (χ0) is 23.0. The number of nitrogens with two attached hydrogens (primary N) is 2. The molecule has 2 aliphatic rings. The van der Waals surface area contributed by atoms with Crippen molar-refractivity contribution in [1.29, 1.82) is 0 Å². The van der Waals surface area contributed by atoms with E-state index < -0.39 is 39.7 Å². The summed E-state index contributed by atoms with van der Waals surface area (Å²) in [4.78, 5) is 12.6. The van der Waals surface area contributed by atoms with Gasteiger partial charge in [0.15, 0.2) is 17.7 Å². The molecule has 178 valence electrons. The molecule has 7 unspecified atom stereocenters. The van der Waals surface area contributed by atoms with Crippen LogP contribution >= 0.6 is 26.6 Å². The monoisotopic (exact) mass is 508 g/mol. The summed E-state index contributed by atoms with van der Waals surface area (Å²) in [5.74, 6) is 5.54. The molecule has 2 aromatic rings. The van der Waals surface area contributed by atoms with Gasteiger partial charge >= 0.3 is 7.60 Å². The minimum atomic E-state index is -3.27. The van der Waals surface area contributed by atoms with Crippen LogP contribution in [-0.4, -0.2) is 71.1 Å². The third-order valence-corrected chi connectivity index (χ3v) is 10.5. The Bertz CT molecular complexity index is 989. The van der Waals surface area contributed by atoms with Crippen molar-refractivity contribution in [2.45, 2.75) is 36.6 Å². The molecule has 1 saturated carbocycles. The van der Waals surface area contributed by atoms with Crippen LogP contribution in [0.5, 0.6) is 0 Å². The molecule has 0 amide bonds. The Morgan fingerprint density at radius 2 is 2.00 bits per heavy atom. The number of rotatable bonds is 10. The van der Waals surface area contributed by atoms with Gasteiger partial charge in [0.05, 0.1) is 18.1 Å². The summed E-state index contributed by atoms with van der Waals surface area (Å²) in [5, 5.41) is 0. The molecule has 13 nitrogen and oxygen atoms in total. The van der Waals surface area contributed by atoms with Gasteiger partial charge in [-0.1, -0.05) is 11.4 Å². The molecule has 2 fully saturated rings. The highest BCUT2D eigenvalue weighted by Crippen LogP contribution is 2.67. The maximum Gasteiger partial charge on any atom is 0.333 e. The molecule has 4 N–H and O–H groups in total. The van der Waals surface area contributed by atoms with E-state index in [0.29, 0.717) is 17.6 Å². The number of ether oxygens (including phenoxy) is 2. The molecule has 0 radical (unpaired) electrons. The predicted molar refractivity (Wildman–Crippen MR) is 119 cm³/mol. The van der Waals surface area contributed by atoms with Crippen molar-refractivity contribution < 1.29 is 32.2 Å². The Morgan fingerprint density at radius 1 is 1.25 bits per heavy atom. The summed E-state index contributed by atoms with van der Waals surface area (Å²) in [6, 6.07) is 0. The van der Waals surface area contributed by atoms with Crippen LogP contribution in [0.2, 0.25) is 0 Å². The zero-order valence-corrected chi connectivity index (χ0v) is 20.5. The van der Waals surface area contributed by atoms with E-state index in [0.717, 1.165) is 0 Å².